The van der Waals surface area contributed by atoms with Crippen LogP contribution in [0.1, 0.15) is 51.4 Å². The van der Waals surface area contributed by atoms with Crippen LogP contribution in [0.3, 0.4) is 0 Å². The van der Waals surface area contributed by atoms with Crippen LogP contribution in [0.4, 0.5) is 0 Å². The predicted molar refractivity (Wildman–Crippen MR) is 93.2 cm³/mol. The van der Waals surface area contributed by atoms with Crippen molar-refractivity contribution in [3.05, 3.63) is 12.2 Å². The Bertz CT molecular complexity index is 500. The van der Waals surface area contributed by atoms with Gasteiger partial charge in [0.25, 0.3) is 0 Å². The van der Waals surface area contributed by atoms with Crippen LogP contribution >= 0.6 is 0 Å². The molecule has 4 heteroatoms. The number of hydrogen-bond acceptors (Lipinski definition) is 2. The van der Waals surface area contributed by atoms with E-state index in [2.05, 4.69) is 17.1 Å². The first-order valence-electron chi connectivity index (χ1n) is 9.95. The molecule has 4 rings (SSSR count). The average Bonchev–Trinajstić information content (AvgIpc) is 3.30. The number of hydrogen-bond donors (Lipinski definition) is 0. The van der Waals surface area contributed by atoms with Crippen molar-refractivity contribution < 1.29 is 9.59 Å². The van der Waals surface area contributed by atoms with Gasteiger partial charge in [0, 0.05) is 38.0 Å². The monoisotopic (exact) mass is 330 g/mol. The van der Waals surface area contributed by atoms with Crippen molar-refractivity contribution in [2.45, 2.75) is 51.4 Å². The highest BCUT2D eigenvalue weighted by Crippen LogP contribution is 2.35. The second-order valence-electron chi connectivity index (χ2n) is 8.29. The summed E-state index contributed by atoms with van der Waals surface area (Å²) < 4.78 is 0. The maximum atomic E-state index is 12.9. The normalized spacial score (nSPS) is 31.5. The molecular weight excluding hydrogens is 300 g/mol. The van der Waals surface area contributed by atoms with Crippen molar-refractivity contribution in [1.29, 1.82) is 0 Å². The molecule has 0 aromatic carbocycles. The van der Waals surface area contributed by atoms with Gasteiger partial charge in [0.2, 0.25) is 11.8 Å². The summed E-state index contributed by atoms with van der Waals surface area (Å²) in [6.07, 6.45) is 13.1. The Kier molecular flexibility index (Phi) is 4.64. The standard InChI is InChI=1S/C20H30N2O2/c23-19(15-5-1-2-6-15)21-11-9-16(10-12-21)20(24)22-13-17-7-3-4-8-18(17)14-22/h3-4,15-18H,1-2,5-14H2/t17-,18+. The van der Waals surface area contributed by atoms with E-state index in [1.54, 1.807) is 0 Å². The van der Waals surface area contributed by atoms with Crippen molar-refractivity contribution in [3.63, 3.8) is 0 Å². The van der Waals surface area contributed by atoms with Gasteiger partial charge in [0.1, 0.15) is 0 Å². The highest BCUT2D eigenvalue weighted by molar-refractivity contribution is 5.81. The van der Waals surface area contributed by atoms with Gasteiger partial charge in [0.05, 0.1) is 0 Å². The Morgan fingerprint density at radius 2 is 1.21 bits per heavy atom. The molecule has 0 aromatic heterocycles. The first kappa shape index (κ1) is 16.2. The molecule has 0 aromatic rings. The van der Waals surface area contributed by atoms with Gasteiger partial charge >= 0.3 is 0 Å². The fourth-order valence-corrected chi connectivity index (χ4v) is 5.23. The van der Waals surface area contributed by atoms with Gasteiger partial charge in [-0.05, 0) is 50.4 Å². The summed E-state index contributed by atoms with van der Waals surface area (Å²) in [6.45, 7) is 3.48. The third-order valence-electron chi connectivity index (χ3n) is 6.79. The minimum absolute atomic E-state index is 0.144. The number of rotatable bonds is 2. The van der Waals surface area contributed by atoms with E-state index >= 15 is 0 Å². The zero-order chi connectivity index (χ0) is 16.5. The van der Waals surface area contributed by atoms with Crippen LogP contribution in [-0.4, -0.2) is 47.8 Å². The number of piperidine rings is 1. The largest absolute Gasteiger partial charge is 0.342 e. The molecule has 0 radical (unpaired) electrons. The molecule has 0 unspecified atom stereocenters. The van der Waals surface area contributed by atoms with Crippen molar-refractivity contribution in [2.75, 3.05) is 26.2 Å². The molecule has 1 saturated carbocycles. The quantitative estimate of drug-likeness (QED) is 0.731. The van der Waals surface area contributed by atoms with E-state index in [-0.39, 0.29) is 11.8 Å². The zero-order valence-electron chi connectivity index (χ0n) is 14.7. The second kappa shape index (κ2) is 6.89. The Morgan fingerprint density at radius 3 is 1.79 bits per heavy atom. The SMILES string of the molecule is O=C(C1CCCC1)N1CCC(C(=O)N2C[C@H]3CC=CC[C@H]3C2)CC1. The minimum Gasteiger partial charge on any atom is -0.342 e. The molecule has 3 fully saturated rings. The number of nitrogens with zero attached hydrogens (tertiary/aromatic N) is 2. The van der Waals surface area contributed by atoms with E-state index in [9.17, 15) is 9.59 Å². The lowest BCUT2D eigenvalue weighted by Crippen LogP contribution is -2.45. The maximum Gasteiger partial charge on any atom is 0.225 e. The Balaban J connectivity index is 1.28. The molecule has 2 saturated heterocycles. The summed E-state index contributed by atoms with van der Waals surface area (Å²) in [5.74, 6) is 2.50. The molecule has 0 spiro atoms. The van der Waals surface area contributed by atoms with E-state index in [0.29, 0.717) is 23.7 Å². The number of carbonyl (C=O) groups excluding carboxylic acids is 2. The van der Waals surface area contributed by atoms with Crippen LogP contribution < -0.4 is 0 Å². The first-order valence-corrected chi connectivity index (χ1v) is 9.95. The van der Waals surface area contributed by atoms with Gasteiger partial charge in [-0.1, -0.05) is 25.0 Å². The zero-order valence-corrected chi connectivity index (χ0v) is 14.7. The molecule has 2 aliphatic heterocycles. The molecule has 0 bridgehead atoms. The van der Waals surface area contributed by atoms with Gasteiger partial charge in [-0.2, -0.15) is 0 Å². The van der Waals surface area contributed by atoms with E-state index in [4.69, 9.17) is 0 Å². The minimum atomic E-state index is 0.144. The number of allylic oxidation sites excluding steroid dienone is 2. The summed E-state index contributed by atoms with van der Waals surface area (Å²) >= 11 is 0. The maximum absolute atomic E-state index is 12.9. The molecule has 132 valence electrons. The topological polar surface area (TPSA) is 40.6 Å². The van der Waals surface area contributed by atoms with Gasteiger partial charge in [-0.25, -0.2) is 0 Å². The fraction of sp³-hybridized carbons (Fsp3) is 0.800. The van der Waals surface area contributed by atoms with Crippen molar-refractivity contribution in [3.8, 4) is 0 Å². The fourth-order valence-electron chi connectivity index (χ4n) is 5.23. The molecule has 4 nitrogen and oxygen atoms in total. The lowest BCUT2D eigenvalue weighted by molar-refractivity contribution is -0.142. The number of carbonyl (C=O) groups is 2. The number of likely N-dealkylation sites (tertiary alicyclic amines) is 2. The molecule has 0 N–H and O–H groups in total. The predicted octanol–water partition coefficient (Wildman–Crippen LogP) is 2.84. The van der Waals surface area contributed by atoms with Gasteiger partial charge in [-0.15, -0.1) is 0 Å². The van der Waals surface area contributed by atoms with Gasteiger partial charge in [0.15, 0.2) is 0 Å². The van der Waals surface area contributed by atoms with Gasteiger partial charge in [-0.3, -0.25) is 9.59 Å². The summed E-state index contributed by atoms with van der Waals surface area (Å²) in [4.78, 5) is 29.6. The van der Waals surface area contributed by atoms with Crippen LogP contribution in [0, 0.1) is 23.7 Å². The second-order valence-corrected chi connectivity index (χ2v) is 8.29. The van der Waals surface area contributed by atoms with Crippen molar-refractivity contribution >= 4 is 11.8 Å². The van der Waals surface area contributed by atoms with E-state index in [1.165, 1.54) is 12.8 Å². The third kappa shape index (κ3) is 3.12. The molecule has 2 atom stereocenters. The van der Waals surface area contributed by atoms with Crippen LogP contribution in [0.2, 0.25) is 0 Å². The van der Waals surface area contributed by atoms with Crippen molar-refractivity contribution in [1.82, 2.24) is 9.80 Å². The average molecular weight is 330 g/mol. The van der Waals surface area contributed by atoms with E-state index < -0.39 is 0 Å². The Labute approximate surface area is 145 Å². The smallest absolute Gasteiger partial charge is 0.225 e. The lowest BCUT2D eigenvalue weighted by Gasteiger charge is -2.34. The van der Waals surface area contributed by atoms with Gasteiger partial charge < -0.3 is 9.80 Å². The van der Waals surface area contributed by atoms with E-state index in [1.807, 2.05) is 4.90 Å². The number of amides is 2. The molecule has 4 aliphatic rings. The van der Waals surface area contributed by atoms with Crippen molar-refractivity contribution in [2.24, 2.45) is 23.7 Å². The Morgan fingerprint density at radius 1 is 0.708 bits per heavy atom. The highest BCUT2D eigenvalue weighted by atomic mass is 16.2. The van der Waals surface area contributed by atoms with Crippen LogP contribution in [-0.2, 0) is 9.59 Å². The Hall–Kier alpha value is -1.32. The van der Waals surface area contributed by atoms with Crippen LogP contribution in [0.25, 0.3) is 0 Å². The summed E-state index contributed by atoms with van der Waals surface area (Å²) in [5, 5.41) is 0. The molecule has 24 heavy (non-hydrogen) atoms. The van der Waals surface area contributed by atoms with E-state index in [0.717, 1.165) is 64.7 Å². The lowest BCUT2D eigenvalue weighted by atomic mass is 9.86. The molecular formula is C20H30N2O2. The first-order chi connectivity index (χ1) is 11.7. The van der Waals surface area contributed by atoms with Crippen LogP contribution in [0.15, 0.2) is 12.2 Å². The van der Waals surface area contributed by atoms with Crippen LogP contribution in [0.5, 0.6) is 0 Å². The summed E-state index contributed by atoms with van der Waals surface area (Å²) in [6, 6.07) is 0. The molecule has 2 aliphatic carbocycles. The molecule has 2 amide bonds. The number of fused-ring (bicyclic) bond motifs is 1. The third-order valence-corrected chi connectivity index (χ3v) is 6.79. The summed E-state index contributed by atoms with van der Waals surface area (Å²) in [5.41, 5.74) is 0. The highest BCUT2D eigenvalue weighted by Gasteiger charge is 2.39. The summed E-state index contributed by atoms with van der Waals surface area (Å²) in [7, 11) is 0. The molecule has 2 heterocycles.